The highest BCUT2D eigenvalue weighted by Gasteiger charge is 2.15. The molecular weight excluding hydrogens is 374 g/mol. The summed E-state index contributed by atoms with van der Waals surface area (Å²) in [5.41, 5.74) is 2.79. The van der Waals surface area contributed by atoms with E-state index in [1.54, 1.807) is 24.4 Å². The predicted octanol–water partition coefficient (Wildman–Crippen LogP) is 3.51. The number of rotatable bonds is 8. The van der Waals surface area contributed by atoms with Crippen molar-refractivity contribution in [2.45, 2.75) is 44.9 Å². The van der Waals surface area contributed by atoms with Crippen LogP contribution in [0.4, 0.5) is 0 Å². The van der Waals surface area contributed by atoms with Crippen molar-refractivity contribution in [3.05, 3.63) is 77.6 Å². The first-order valence-corrected chi connectivity index (χ1v) is 10.6. The largest absolute Gasteiger partial charge is 0.491 e. The summed E-state index contributed by atoms with van der Waals surface area (Å²) < 4.78 is 35.4. The Labute approximate surface area is 166 Å². The monoisotopic (exact) mass is 399 g/mol. The second-order valence-electron chi connectivity index (χ2n) is 6.94. The summed E-state index contributed by atoms with van der Waals surface area (Å²) in [6, 6.07) is 14.6. The molecular formula is C21H25N3O3S. The summed E-state index contributed by atoms with van der Waals surface area (Å²) >= 11 is 0. The third kappa shape index (κ3) is 5.21. The molecule has 0 spiro atoms. The zero-order valence-electron chi connectivity index (χ0n) is 16.3. The van der Waals surface area contributed by atoms with E-state index >= 15 is 0 Å². The van der Waals surface area contributed by atoms with Gasteiger partial charge in [-0.15, -0.1) is 0 Å². The molecule has 0 saturated carbocycles. The molecule has 28 heavy (non-hydrogen) atoms. The van der Waals surface area contributed by atoms with Crippen LogP contribution in [-0.4, -0.2) is 24.3 Å². The highest BCUT2D eigenvalue weighted by Crippen LogP contribution is 2.23. The van der Waals surface area contributed by atoms with Crippen LogP contribution < -0.4 is 9.46 Å². The Balaban J connectivity index is 1.63. The van der Waals surface area contributed by atoms with E-state index < -0.39 is 10.0 Å². The van der Waals surface area contributed by atoms with Crippen LogP contribution in [0, 0.1) is 6.92 Å². The summed E-state index contributed by atoms with van der Waals surface area (Å²) in [5, 5.41) is 4.18. The lowest BCUT2D eigenvalue weighted by molar-refractivity contribution is 0.240. The van der Waals surface area contributed by atoms with Crippen LogP contribution in [0.2, 0.25) is 0 Å². The molecule has 1 N–H and O–H groups in total. The molecule has 0 amide bonds. The molecule has 0 aliphatic rings. The zero-order chi connectivity index (χ0) is 20.1. The number of aromatic nitrogens is 2. The second kappa shape index (κ2) is 8.58. The lowest BCUT2D eigenvalue weighted by Gasteiger charge is -2.14. The first kappa shape index (κ1) is 20.1. The van der Waals surface area contributed by atoms with E-state index in [4.69, 9.17) is 4.74 Å². The van der Waals surface area contributed by atoms with Crippen LogP contribution in [0.1, 0.15) is 30.5 Å². The lowest BCUT2D eigenvalue weighted by atomic mass is 10.1. The summed E-state index contributed by atoms with van der Waals surface area (Å²) in [6.07, 6.45) is 3.68. The van der Waals surface area contributed by atoms with Gasteiger partial charge in [-0.25, -0.2) is 13.1 Å². The smallest absolute Gasteiger partial charge is 0.240 e. The Morgan fingerprint density at radius 3 is 2.43 bits per heavy atom. The standard InChI is InChI=1S/C21H25N3O3S/c1-16(2)27-21-10-9-20(13-17(21)3)28(25,26)23-14-18-5-7-19(8-6-18)15-24-12-4-11-22-24/h4-13,16,23H,14-15H2,1-3H3. The van der Waals surface area contributed by atoms with Crippen LogP contribution in [0.3, 0.4) is 0 Å². The molecule has 1 heterocycles. The van der Waals surface area contributed by atoms with Gasteiger partial charge in [0.25, 0.3) is 0 Å². The number of sulfonamides is 1. The van der Waals surface area contributed by atoms with Crippen LogP contribution in [0.15, 0.2) is 65.8 Å². The van der Waals surface area contributed by atoms with Crippen molar-refractivity contribution >= 4 is 10.0 Å². The first-order valence-electron chi connectivity index (χ1n) is 9.16. The highest BCUT2D eigenvalue weighted by molar-refractivity contribution is 7.89. The minimum Gasteiger partial charge on any atom is -0.491 e. The molecule has 0 unspecified atom stereocenters. The van der Waals surface area contributed by atoms with Gasteiger partial charge in [-0.3, -0.25) is 4.68 Å². The quantitative estimate of drug-likeness (QED) is 0.629. The first-order chi connectivity index (χ1) is 13.3. The molecule has 148 valence electrons. The average Bonchev–Trinajstić information content (AvgIpc) is 3.15. The second-order valence-corrected chi connectivity index (χ2v) is 8.71. The number of aryl methyl sites for hydroxylation is 1. The number of nitrogens with one attached hydrogen (secondary N) is 1. The maximum atomic E-state index is 12.6. The normalized spacial score (nSPS) is 11.7. The van der Waals surface area contributed by atoms with Crippen molar-refractivity contribution < 1.29 is 13.2 Å². The zero-order valence-corrected chi connectivity index (χ0v) is 17.1. The average molecular weight is 400 g/mol. The van der Waals surface area contributed by atoms with E-state index in [2.05, 4.69) is 9.82 Å². The number of ether oxygens (including phenoxy) is 1. The molecule has 0 radical (unpaired) electrons. The Morgan fingerprint density at radius 1 is 1.11 bits per heavy atom. The fourth-order valence-electron chi connectivity index (χ4n) is 2.78. The molecule has 2 aromatic carbocycles. The van der Waals surface area contributed by atoms with Crippen molar-refractivity contribution in [1.29, 1.82) is 0 Å². The van der Waals surface area contributed by atoms with Crippen LogP contribution >= 0.6 is 0 Å². The molecule has 6 nitrogen and oxygen atoms in total. The van der Waals surface area contributed by atoms with Gasteiger partial charge in [-0.1, -0.05) is 24.3 Å². The van der Waals surface area contributed by atoms with Gasteiger partial charge in [-0.2, -0.15) is 5.10 Å². The predicted molar refractivity (Wildman–Crippen MR) is 109 cm³/mol. The molecule has 1 aromatic heterocycles. The number of nitrogens with zero attached hydrogens (tertiary/aromatic N) is 2. The van der Waals surface area contributed by atoms with E-state index in [0.717, 1.165) is 16.7 Å². The summed E-state index contributed by atoms with van der Waals surface area (Å²) in [6.45, 7) is 6.63. The Kier molecular flexibility index (Phi) is 6.16. The van der Waals surface area contributed by atoms with Gasteiger partial charge in [0.1, 0.15) is 5.75 Å². The van der Waals surface area contributed by atoms with Crippen LogP contribution in [0.5, 0.6) is 5.75 Å². The topological polar surface area (TPSA) is 73.2 Å². The molecule has 0 bridgehead atoms. The van der Waals surface area contributed by atoms with Crippen LogP contribution in [-0.2, 0) is 23.1 Å². The molecule has 3 rings (SSSR count). The van der Waals surface area contributed by atoms with E-state index in [1.807, 2.05) is 62.0 Å². The third-order valence-corrected chi connectivity index (χ3v) is 5.61. The fourth-order valence-corrected chi connectivity index (χ4v) is 3.88. The van der Waals surface area contributed by atoms with E-state index in [0.29, 0.717) is 12.3 Å². The van der Waals surface area contributed by atoms with E-state index in [1.165, 1.54) is 0 Å². The SMILES string of the molecule is Cc1cc(S(=O)(=O)NCc2ccc(Cn3cccn3)cc2)ccc1OC(C)C. The van der Waals surface area contributed by atoms with Crippen molar-refractivity contribution in [2.24, 2.45) is 0 Å². The Morgan fingerprint density at radius 2 is 1.82 bits per heavy atom. The van der Waals surface area contributed by atoms with Gasteiger partial charge in [0.2, 0.25) is 10.0 Å². The Hall–Kier alpha value is -2.64. The van der Waals surface area contributed by atoms with Crippen molar-refractivity contribution in [3.8, 4) is 5.75 Å². The van der Waals surface area contributed by atoms with Gasteiger partial charge in [-0.05, 0) is 61.7 Å². The Bertz CT molecular complexity index is 1010. The summed E-state index contributed by atoms with van der Waals surface area (Å²) in [7, 11) is -3.60. The number of hydrogen-bond acceptors (Lipinski definition) is 4. The fraction of sp³-hybridized carbons (Fsp3) is 0.286. The highest BCUT2D eigenvalue weighted by atomic mass is 32.2. The number of hydrogen-bond donors (Lipinski definition) is 1. The van der Waals surface area contributed by atoms with Gasteiger partial charge >= 0.3 is 0 Å². The molecule has 0 saturated heterocycles. The van der Waals surface area contributed by atoms with Gasteiger partial charge in [0, 0.05) is 18.9 Å². The van der Waals surface area contributed by atoms with Gasteiger partial charge in [0.15, 0.2) is 0 Å². The van der Waals surface area contributed by atoms with Gasteiger partial charge < -0.3 is 4.74 Å². The minimum absolute atomic E-state index is 0.0375. The van der Waals surface area contributed by atoms with Gasteiger partial charge in [0.05, 0.1) is 17.5 Å². The van der Waals surface area contributed by atoms with Crippen LogP contribution in [0.25, 0.3) is 0 Å². The van der Waals surface area contributed by atoms with Crippen molar-refractivity contribution in [3.63, 3.8) is 0 Å². The minimum atomic E-state index is -3.60. The number of benzene rings is 2. The lowest BCUT2D eigenvalue weighted by Crippen LogP contribution is -2.23. The van der Waals surface area contributed by atoms with Crippen molar-refractivity contribution in [1.82, 2.24) is 14.5 Å². The maximum absolute atomic E-state index is 12.6. The molecule has 7 heteroatoms. The van der Waals surface area contributed by atoms with Crippen molar-refractivity contribution in [2.75, 3.05) is 0 Å². The van der Waals surface area contributed by atoms with E-state index in [9.17, 15) is 8.42 Å². The molecule has 0 atom stereocenters. The summed E-state index contributed by atoms with van der Waals surface area (Å²) in [5.74, 6) is 0.696. The summed E-state index contributed by atoms with van der Waals surface area (Å²) in [4.78, 5) is 0.233. The molecule has 0 fully saturated rings. The van der Waals surface area contributed by atoms with E-state index in [-0.39, 0.29) is 17.5 Å². The molecule has 0 aliphatic carbocycles. The maximum Gasteiger partial charge on any atom is 0.240 e. The third-order valence-electron chi connectivity index (χ3n) is 4.21. The molecule has 3 aromatic rings. The molecule has 0 aliphatic heterocycles.